The van der Waals surface area contributed by atoms with Crippen molar-refractivity contribution in [3.8, 4) is 0 Å². The summed E-state index contributed by atoms with van der Waals surface area (Å²) in [5.41, 5.74) is 4.80. The topological polar surface area (TPSA) is 62.1 Å². The maximum absolute atomic E-state index is 12.3. The van der Waals surface area contributed by atoms with Gasteiger partial charge in [0.05, 0.1) is 4.90 Å². The highest BCUT2D eigenvalue weighted by atomic mass is 127. The molecule has 1 aromatic carbocycles. The summed E-state index contributed by atoms with van der Waals surface area (Å²) in [6, 6.07) is 6.74. The van der Waals surface area contributed by atoms with Crippen LogP contribution in [-0.2, 0) is 15.6 Å². The Balaban J connectivity index is 0.00000264. The highest BCUT2D eigenvalue weighted by Crippen LogP contribution is 2.19. The number of nitrogens with one attached hydrogen (secondary N) is 2. The van der Waals surface area contributed by atoms with E-state index in [9.17, 15) is 8.42 Å². The zero-order valence-electron chi connectivity index (χ0n) is 13.8. The molecular formula is C15H22IN3O2S2. The van der Waals surface area contributed by atoms with E-state index >= 15 is 0 Å². The second-order valence-electron chi connectivity index (χ2n) is 6.23. The van der Waals surface area contributed by atoms with Gasteiger partial charge in [0, 0.05) is 5.38 Å². The van der Waals surface area contributed by atoms with Gasteiger partial charge in [0.2, 0.25) is 0 Å². The van der Waals surface area contributed by atoms with Crippen molar-refractivity contribution in [2.75, 3.05) is 5.43 Å². The summed E-state index contributed by atoms with van der Waals surface area (Å²) in [4.78, 5) is 2.69. The molecule has 0 aliphatic heterocycles. The molecule has 8 heteroatoms. The van der Waals surface area contributed by atoms with Crippen LogP contribution in [-0.4, -0.2) is 8.42 Å². The van der Waals surface area contributed by atoms with Crippen LogP contribution in [0.4, 0.5) is 5.13 Å². The summed E-state index contributed by atoms with van der Waals surface area (Å²) in [5, 5.41) is 2.74. The molecular weight excluding hydrogens is 445 g/mol. The third-order valence-corrected chi connectivity index (χ3v) is 5.42. The zero-order chi connectivity index (χ0) is 16.5. The Kier molecular flexibility index (Phi) is 6.59. The maximum Gasteiger partial charge on any atom is 0.353 e. The van der Waals surface area contributed by atoms with Crippen LogP contribution in [0, 0.1) is 13.8 Å². The molecule has 1 aromatic heterocycles. The fraction of sp³-hybridized carbons (Fsp3) is 0.400. The molecule has 0 unspecified atom stereocenters. The first-order valence-corrected chi connectivity index (χ1v) is 9.33. The summed E-state index contributed by atoms with van der Waals surface area (Å²) in [6.45, 7) is 10.1. The van der Waals surface area contributed by atoms with Crippen LogP contribution in [0.1, 0.15) is 32.0 Å². The van der Waals surface area contributed by atoms with Crippen molar-refractivity contribution in [1.29, 1.82) is 0 Å². The van der Waals surface area contributed by atoms with Gasteiger partial charge in [-0.15, -0.1) is 0 Å². The molecule has 5 nitrogen and oxygen atoms in total. The first kappa shape index (κ1) is 20.3. The highest BCUT2D eigenvalue weighted by Gasteiger charge is 2.28. The molecule has 0 bridgehead atoms. The predicted octanol–water partition coefficient (Wildman–Crippen LogP) is -0.283. The molecule has 128 valence electrons. The second-order valence-corrected chi connectivity index (χ2v) is 8.77. The summed E-state index contributed by atoms with van der Waals surface area (Å²) < 4.78 is 26.7. The Bertz CT molecular complexity index is 763. The number of rotatable bonds is 4. The van der Waals surface area contributed by atoms with Crippen LogP contribution >= 0.6 is 11.3 Å². The molecule has 0 atom stereocenters. The number of thiazole rings is 1. The highest BCUT2D eigenvalue weighted by molar-refractivity contribution is 7.89. The molecule has 2 aromatic rings. The molecule has 1 heterocycles. The molecule has 2 rings (SSSR count). The Hall–Kier alpha value is -0.710. The number of hydrazine groups is 1. The van der Waals surface area contributed by atoms with E-state index < -0.39 is 10.0 Å². The van der Waals surface area contributed by atoms with Crippen LogP contribution in [0.3, 0.4) is 0 Å². The van der Waals surface area contributed by atoms with Crippen molar-refractivity contribution in [1.82, 2.24) is 4.83 Å². The molecule has 0 spiro atoms. The predicted molar refractivity (Wildman–Crippen MR) is 89.4 cm³/mol. The van der Waals surface area contributed by atoms with Crippen molar-refractivity contribution >= 4 is 26.5 Å². The van der Waals surface area contributed by atoms with Crippen LogP contribution < -0.4 is 38.8 Å². The van der Waals surface area contributed by atoms with Gasteiger partial charge in [0.25, 0.3) is 10.0 Å². The first-order chi connectivity index (χ1) is 10.1. The lowest BCUT2D eigenvalue weighted by Gasteiger charge is -2.18. The molecule has 0 aliphatic carbocycles. The van der Waals surface area contributed by atoms with E-state index in [4.69, 9.17) is 0 Å². The zero-order valence-corrected chi connectivity index (χ0v) is 17.6. The van der Waals surface area contributed by atoms with Crippen LogP contribution in [0.15, 0.2) is 34.5 Å². The fourth-order valence-electron chi connectivity index (χ4n) is 2.21. The van der Waals surface area contributed by atoms with Crippen LogP contribution in [0.2, 0.25) is 0 Å². The van der Waals surface area contributed by atoms with E-state index in [1.54, 1.807) is 24.3 Å². The molecule has 0 saturated carbocycles. The average molecular weight is 467 g/mol. The SMILES string of the molecule is Cc1ccc(S(=O)(=O)NNc2scc(C)[n+]2C(C)(C)C)cc1.[I-]. The first-order valence-electron chi connectivity index (χ1n) is 6.96. The van der Waals surface area contributed by atoms with Crippen LogP contribution in [0.25, 0.3) is 0 Å². The number of anilines is 1. The lowest BCUT2D eigenvalue weighted by Crippen LogP contribution is -3.00. The van der Waals surface area contributed by atoms with E-state index in [0.717, 1.165) is 16.4 Å². The fourth-order valence-corrected chi connectivity index (χ4v) is 4.14. The molecule has 23 heavy (non-hydrogen) atoms. The molecule has 0 radical (unpaired) electrons. The van der Waals surface area contributed by atoms with E-state index in [0.29, 0.717) is 0 Å². The van der Waals surface area contributed by atoms with E-state index in [1.165, 1.54) is 11.3 Å². The molecule has 0 amide bonds. The van der Waals surface area contributed by atoms with Crippen molar-refractivity contribution in [3.05, 3.63) is 40.9 Å². The van der Waals surface area contributed by atoms with Crippen molar-refractivity contribution in [2.45, 2.75) is 45.1 Å². The van der Waals surface area contributed by atoms with Crippen molar-refractivity contribution in [2.24, 2.45) is 0 Å². The van der Waals surface area contributed by atoms with Gasteiger partial charge in [-0.25, -0.2) is 13.0 Å². The monoisotopic (exact) mass is 467 g/mol. The van der Waals surface area contributed by atoms with Gasteiger partial charge in [-0.3, -0.25) is 0 Å². The van der Waals surface area contributed by atoms with E-state index in [1.807, 2.05) is 19.2 Å². The number of benzene rings is 1. The molecule has 0 fully saturated rings. The number of aryl methyl sites for hydroxylation is 2. The number of aromatic nitrogens is 1. The van der Waals surface area contributed by atoms with Gasteiger partial charge >= 0.3 is 5.13 Å². The Morgan fingerprint density at radius 1 is 1.09 bits per heavy atom. The summed E-state index contributed by atoms with van der Waals surface area (Å²) in [6.07, 6.45) is 0. The van der Waals surface area contributed by atoms with Gasteiger partial charge < -0.3 is 24.0 Å². The largest absolute Gasteiger partial charge is 1.00 e. The third-order valence-electron chi connectivity index (χ3n) is 3.19. The van der Waals surface area contributed by atoms with Gasteiger partial charge in [-0.05, 0) is 51.6 Å². The summed E-state index contributed by atoms with van der Waals surface area (Å²) >= 11 is 1.47. The average Bonchev–Trinajstić information content (AvgIpc) is 2.78. The third kappa shape index (κ3) is 4.88. The van der Waals surface area contributed by atoms with Crippen molar-refractivity contribution < 1.29 is 37.0 Å². The summed E-state index contributed by atoms with van der Waals surface area (Å²) in [7, 11) is -3.60. The number of sulfonamides is 1. The Morgan fingerprint density at radius 2 is 1.65 bits per heavy atom. The van der Waals surface area contributed by atoms with Gasteiger partial charge in [-0.1, -0.05) is 29.0 Å². The Labute approximate surface area is 159 Å². The van der Waals surface area contributed by atoms with E-state index in [2.05, 4.69) is 35.6 Å². The van der Waals surface area contributed by atoms with Crippen LogP contribution in [0.5, 0.6) is 0 Å². The Morgan fingerprint density at radius 3 is 2.17 bits per heavy atom. The quantitative estimate of drug-likeness (QED) is 0.370. The van der Waals surface area contributed by atoms with E-state index in [-0.39, 0.29) is 34.4 Å². The number of hydrogen-bond donors (Lipinski definition) is 2. The lowest BCUT2D eigenvalue weighted by molar-refractivity contribution is -0.742. The number of halogens is 1. The maximum atomic E-state index is 12.3. The standard InChI is InChI=1S/C15H21N3O2S2.HI/c1-11-6-8-13(9-7-11)22(19,20)17-16-14-18(15(3,4)5)12(2)10-21-14;/h6-10,17H,1-5H3;1H. The minimum absolute atomic E-state index is 0. The van der Waals surface area contributed by atoms with Gasteiger partial charge in [0.1, 0.15) is 11.2 Å². The molecule has 2 N–H and O–H groups in total. The number of nitrogens with zero attached hydrogens (tertiary/aromatic N) is 1. The molecule has 0 saturated heterocycles. The number of hydrogen-bond acceptors (Lipinski definition) is 4. The van der Waals surface area contributed by atoms with Gasteiger partial charge in [0.15, 0.2) is 0 Å². The lowest BCUT2D eigenvalue weighted by atomic mass is 10.1. The normalized spacial score (nSPS) is 11.9. The van der Waals surface area contributed by atoms with Gasteiger partial charge in [-0.2, -0.15) is 5.43 Å². The molecule has 0 aliphatic rings. The minimum Gasteiger partial charge on any atom is -1.00 e. The minimum atomic E-state index is -3.60. The summed E-state index contributed by atoms with van der Waals surface area (Å²) in [5.74, 6) is 0. The second kappa shape index (κ2) is 7.45. The van der Waals surface area contributed by atoms with Crippen molar-refractivity contribution in [3.63, 3.8) is 0 Å². The smallest absolute Gasteiger partial charge is 0.353 e.